The van der Waals surface area contributed by atoms with E-state index in [4.69, 9.17) is 17.0 Å². The van der Waals surface area contributed by atoms with Gasteiger partial charge >= 0.3 is 5.97 Å². The number of rotatable bonds is 4. The van der Waals surface area contributed by atoms with Crippen LogP contribution in [0.15, 0.2) is 48.5 Å². The van der Waals surface area contributed by atoms with Crippen LogP contribution in [0.3, 0.4) is 0 Å². The summed E-state index contributed by atoms with van der Waals surface area (Å²) in [6.07, 6.45) is 0. The summed E-state index contributed by atoms with van der Waals surface area (Å²) in [6.45, 7) is 2.15. The Hall–Kier alpha value is -3.30. The molecule has 8 nitrogen and oxygen atoms in total. The van der Waals surface area contributed by atoms with Gasteiger partial charge in [-0.2, -0.15) is 0 Å². The van der Waals surface area contributed by atoms with Gasteiger partial charge < -0.3 is 19.7 Å². The zero-order valence-electron chi connectivity index (χ0n) is 16.3. The van der Waals surface area contributed by atoms with Crippen LogP contribution >= 0.6 is 12.2 Å². The molecule has 0 unspecified atom stereocenters. The van der Waals surface area contributed by atoms with Crippen molar-refractivity contribution in [3.63, 3.8) is 0 Å². The first-order chi connectivity index (χ1) is 14.5. The summed E-state index contributed by atoms with van der Waals surface area (Å²) in [5, 5.41) is 5.53. The summed E-state index contributed by atoms with van der Waals surface area (Å²) in [5.74, 6) is -1.09. The number of ether oxygens (including phenoxy) is 2. The predicted octanol–water partition coefficient (Wildman–Crippen LogP) is 2.07. The molecule has 0 bridgehead atoms. The molecule has 0 aromatic heterocycles. The first kappa shape index (κ1) is 21.4. The van der Waals surface area contributed by atoms with Crippen LogP contribution in [0.2, 0.25) is 0 Å². The molecule has 1 heterocycles. The van der Waals surface area contributed by atoms with Gasteiger partial charge in [0.25, 0.3) is 11.8 Å². The molecule has 30 heavy (non-hydrogen) atoms. The maximum absolute atomic E-state index is 12.6. The van der Waals surface area contributed by atoms with E-state index in [9.17, 15) is 14.4 Å². The Bertz CT molecular complexity index is 973. The normalized spacial score (nSPS) is 13.3. The highest BCUT2D eigenvalue weighted by atomic mass is 32.1. The number of hydrogen-bond acceptors (Lipinski definition) is 6. The molecule has 9 heteroatoms. The van der Waals surface area contributed by atoms with Crippen molar-refractivity contribution in [3.05, 3.63) is 65.2 Å². The number of anilines is 1. The third kappa shape index (κ3) is 5.40. The van der Waals surface area contributed by atoms with Gasteiger partial charge in [0.05, 0.1) is 25.9 Å². The maximum Gasteiger partial charge on any atom is 0.337 e. The van der Waals surface area contributed by atoms with Gasteiger partial charge in [0, 0.05) is 29.9 Å². The summed E-state index contributed by atoms with van der Waals surface area (Å²) in [6, 6.07) is 13.0. The molecule has 156 valence electrons. The lowest BCUT2D eigenvalue weighted by Gasteiger charge is -2.27. The number of amides is 2. The Labute approximate surface area is 179 Å². The Morgan fingerprint density at radius 3 is 2.40 bits per heavy atom. The van der Waals surface area contributed by atoms with Crippen molar-refractivity contribution < 1.29 is 23.9 Å². The van der Waals surface area contributed by atoms with E-state index in [2.05, 4.69) is 15.4 Å². The number of carbonyl (C=O) groups is 3. The average molecular weight is 427 g/mol. The summed E-state index contributed by atoms with van der Waals surface area (Å²) in [7, 11) is 1.27. The first-order valence-corrected chi connectivity index (χ1v) is 9.66. The first-order valence-electron chi connectivity index (χ1n) is 9.26. The molecule has 0 aliphatic carbocycles. The number of nitrogens with zero attached hydrogens (tertiary/aromatic N) is 1. The molecule has 0 spiro atoms. The van der Waals surface area contributed by atoms with Gasteiger partial charge in [0.15, 0.2) is 5.11 Å². The van der Waals surface area contributed by atoms with E-state index in [1.54, 1.807) is 47.4 Å². The van der Waals surface area contributed by atoms with Crippen molar-refractivity contribution in [3.8, 4) is 0 Å². The summed E-state index contributed by atoms with van der Waals surface area (Å²) < 4.78 is 9.93. The average Bonchev–Trinajstić information content (AvgIpc) is 2.78. The molecule has 2 amide bonds. The Morgan fingerprint density at radius 1 is 1.00 bits per heavy atom. The number of benzene rings is 2. The quantitative estimate of drug-likeness (QED) is 0.570. The van der Waals surface area contributed by atoms with Crippen LogP contribution in [-0.2, 0) is 9.47 Å². The van der Waals surface area contributed by atoms with Crippen LogP contribution in [0, 0.1) is 0 Å². The molecule has 1 aliphatic rings. The molecule has 1 fully saturated rings. The molecular weight excluding hydrogens is 406 g/mol. The van der Waals surface area contributed by atoms with Crippen molar-refractivity contribution in [2.24, 2.45) is 0 Å². The SMILES string of the molecule is COC(=O)c1cccc(C(=O)NC(=S)Nc2cccc(C(=O)N3CCOCC3)c2)c1. The molecule has 3 rings (SSSR count). The van der Waals surface area contributed by atoms with Gasteiger partial charge in [-0.1, -0.05) is 12.1 Å². The lowest BCUT2D eigenvalue weighted by atomic mass is 10.1. The Morgan fingerprint density at radius 2 is 1.67 bits per heavy atom. The van der Waals surface area contributed by atoms with Gasteiger partial charge in [-0.05, 0) is 48.6 Å². The number of methoxy groups -OCH3 is 1. The van der Waals surface area contributed by atoms with E-state index in [-0.39, 0.29) is 22.1 Å². The summed E-state index contributed by atoms with van der Waals surface area (Å²) in [4.78, 5) is 38.4. The van der Waals surface area contributed by atoms with Gasteiger partial charge in [-0.3, -0.25) is 14.9 Å². The highest BCUT2D eigenvalue weighted by Gasteiger charge is 2.19. The minimum atomic E-state index is -0.535. The zero-order chi connectivity index (χ0) is 21.5. The number of esters is 1. The maximum atomic E-state index is 12.6. The van der Waals surface area contributed by atoms with Gasteiger partial charge in [-0.15, -0.1) is 0 Å². The van der Waals surface area contributed by atoms with Crippen LogP contribution in [0.5, 0.6) is 0 Å². The monoisotopic (exact) mass is 427 g/mol. The van der Waals surface area contributed by atoms with Crippen LogP contribution in [0.4, 0.5) is 5.69 Å². The molecule has 0 saturated carbocycles. The summed E-state index contributed by atoms with van der Waals surface area (Å²) in [5.41, 5.74) is 1.61. The fraction of sp³-hybridized carbons (Fsp3) is 0.238. The minimum absolute atomic E-state index is 0.0689. The highest BCUT2D eigenvalue weighted by Crippen LogP contribution is 2.14. The van der Waals surface area contributed by atoms with E-state index in [1.165, 1.54) is 13.2 Å². The number of carbonyl (C=O) groups excluding carboxylic acids is 3. The van der Waals surface area contributed by atoms with Crippen LogP contribution in [-0.4, -0.2) is 61.2 Å². The number of thiocarbonyl (C=S) groups is 1. The van der Waals surface area contributed by atoms with E-state index in [0.717, 1.165) is 0 Å². The van der Waals surface area contributed by atoms with Crippen molar-refractivity contribution >= 4 is 40.8 Å². The lowest BCUT2D eigenvalue weighted by molar-refractivity contribution is 0.0303. The molecule has 1 saturated heterocycles. The van der Waals surface area contributed by atoms with Gasteiger partial charge in [0.1, 0.15) is 0 Å². The standard InChI is InChI=1S/C21H21N3O5S/c1-28-20(27)16-6-2-4-14(12-16)18(25)23-21(30)22-17-7-3-5-15(13-17)19(26)24-8-10-29-11-9-24/h2-7,12-13H,8-11H2,1H3,(H2,22,23,25,30). The zero-order valence-corrected chi connectivity index (χ0v) is 17.2. The second-order valence-corrected chi connectivity index (χ2v) is 6.87. The molecule has 2 N–H and O–H groups in total. The molecular formula is C21H21N3O5S. The second-order valence-electron chi connectivity index (χ2n) is 6.47. The fourth-order valence-electron chi connectivity index (χ4n) is 2.92. The van der Waals surface area contributed by atoms with E-state index in [1.807, 2.05) is 0 Å². The largest absolute Gasteiger partial charge is 0.465 e. The van der Waals surface area contributed by atoms with Crippen LogP contribution < -0.4 is 10.6 Å². The Kier molecular flexibility index (Phi) is 7.10. The Balaban J connectivity index is 1.63. The molecule has 0 radical (unpaired) electrons. The van der Waals surface area contributed by atoms with E-state index >= 15 is 0 Å². The van der Waals surface area contributed by atoms with Crippen LogP contribution in [0.25, 0.3) is 0 Å². The fourth-order valence-corrected chi connectivity index (χ4v) is 3.13. The lowest BCUT2D eigenvalue weighted by Crippen LogP contribution is -2.40. The van der Waals surface area contributed by atoms with Gasteiger partial charge in [-0.25, -0.2) is 4.79 Å². The predicted molar refractivity (Wildman–Crippen MR) is 115 cm³/mol. The number of hydrogen-bond donors (Lipinski definition) is 2. The molecule has 2 aromatic carbocycles. The molecule has 2 aromatic rings. The molecule has 1 aliphatic heterocycles. The topological polar surface area (TPSA) is 97.0 Å². The minimum Gasteiger partial charge on any atom is -0.465 e. The third-order valence-electron chi connectivity index (χ3n) is 4.44. The van der Waals surface area contributed by atoms with Crippen molar-refractivity contribution in [2.45, 2.75) is 0 Å². The van der Waals surface area contributed by atoms with Crippen LogP contribution in [0.1, 0.15) is 31.1 Å². The highest BCUT2D eigenvalue weighted by molar-refractivity contribution is 7.80. The van der Waals surface area contributed by atoms with Crippen molar-refractivity contribution in [1.82, 2.24) is 10.2 Å². The third-order valence-corrected chi connectivity index (χ3v) is 4.64. The van der Waals surface area contributed by atoms with E-state index in [0.29, 0.717) is 37.6 Å². The van der Waals surface area contributed by atoms with Crippen molar-refractivity contribution in [1.29, 1.82) is 0 Å². The number of nitrogens with one attached hydrogen (secondary N) is 2. The molecule has 0 atom stereocenters. The van der Waals surface area contributed by atoms with E-state index < -0.39 is 11.9 Å². The smallest absolute Gasteiger partial charge is 0.337 e. The van der Waals surface area contributed by atoms with Crippen molar-refractivity contribution in [2.75, 3.05) is 38.7 Å². The summed E-state index contributed by atoms with van der Waals surface area (Å²) >= 11 is 5.21. The second kappa shape index (κ2) is 9.95. The number of morpholine rings is 1. The van der Waals surface area contributed by atoms with Gasteiger partial charge in [0.2, 0.25) is 0 Å².